The molecule has 0 amide bonds. The minimum absolute atomic E-state index is 0. The molecule has 1 fully saturated rings. The summed E-state index contributed by atoms with van der Waals surface area (Å²) in [6.45, 7) is 9.28. The van der Waals surface area contributed by atoms with E-state index in [1.165, 1.54) is 0 Å². The number of nitrogens with zero attached hydrogens (tertiary/aromatic N) is 4. The number of likely N-dealkylation sites (N-methyl/N-ethyl adjacent to an activating group) is 1. The Morgan fingerprint density at radius 1 is 1.36 bits per heavy atom. The monoisotopic (exact) mass is 343 g/mol. The van der Waals surface area contributed by atoms with Gasteiger partial charge in [0.2, 0.25) is 0 Å². The van der Waals surface area contributed by atoms with Crippen LogP contribution in [0.1, 0.15) is 37.6 Å². The minimum Gasteiger partial charge on any atom is -0.332 e. The molecule has 1 saturated heterocycles. The number of thiazole rings is 1. The van der Waals surface area contributed by atoms with Gasteiger partial charge >= 0.3 is 0 Å². The molecule has 0 bridgehead atoms. The summed E-state index contributed by atoms with van der Waals surface area (Å²) in [4.78, 5) is 11.4. The summed E-state index contributed by atoms with van der Waals surface area (Å²) in [6, 6.07) is 0.164. The van der Waals surface area contributed by atoms with E-state index in [1.54, 1.807) is 11.3 Å². The van der Waals surface area contributed by atoms with Crippen LogP contribution in [0.15, 0.2) is 9.90 Å². The van der Waals surface area contributed by atoms with E-state index in [0.717, 1.165) is 36.2 Å². The number of hydrogen-bond donors (Lipinski definition) is 1. The fourth-order valence-electron chi connectivity index (χ4n) is 2.28. The summed E-state index contributed by atoms with van der Waals surface area (Å²) < 4.78 is 5.41. The van der Waals surface area contributed by atoms with Crippen LogP contribution in [0.4, 0.5) is 0 Å². The molecule has 0 spiro atoms. The first kappa shape index (κ1) is 17.3. The number of halogens is 1. The maximum Gasteiger partial charge on any atom is 0.277 e. The third-order valence-corrected chi connectivity index (χ3v) is 4.88. The normalized spacial score (nSPS) is 19.9. The predicted molar refractivity (Wildman–Crippen MR) is 89.6 cm³/mol. The van der Waals surface area contributed by atoms with Crippen molar-refractivity contribution in [3.63, 3.8) is 0 Å². The van der Waals surface area contributed by atoms with E-state index in [0.29, 0.717) is 5.89 Å². The standard InChI is InChI=1S/C14H21N5OS.ClH/c1-14(2,3)13-16-9(8-21-13)12-17-11(18-20-12)10-7-15-5-6-19(10)4;/h8,10,15H,5-7H2,1-4H3;1H. The molecule has 0 aliphatic carbocycles. The highest BCUT2D eigenvalue weighted by molar-refractivity contribution is 7.10. The Labute approximate surface area is 140 Å². The second-order valence-electron chi connectivity index (χ2n) is 6.45. The van der Waals surface area contributed by atoms with Crippen molar-refractivity contribution < 1.29 is 4.52 Å². The van der Waals surface area contributed by atoms with Crippen LogP contribution in [0.25, 0.3) is 11.6 Å². The molecule has 1 aliphatic rings. The van der Waals surface area contributed by atoms with Crippen molar-refractivity contribution in [3.8, 4) is 11.6 Å². The van der Waals surface area contributed by atoms with E-state index in [9.17, 15) is 0 Å². The van der Waals surface area contributed by atoms with Gasteiger partial charge in [0, 0.05) is 30.4 Å². The Kier molecular flexibility index (Phi) is 5.21. The van der Waals surface area contributed by atoms with Gasteiger partial charge in [-0.1, -0.05) is 25.9 Å². The molecule has 1 unspecified atom stereocenters. The zero-order valence-corrected chi connectivity index (χ0v) is 14.9. The number of aromatic nitrogens is 3. The molecular formula is C14H22ClN5OS. The minimum atomic E-state index is 0. The molecule has 22 heavy (non-hydrogen) atoms. The molecule has 3 heterocycles. The first-order chi connectivity index (χ1) is 9.95. The van der Waals surface area contributed by atoms with Crippen molar-refractivity contribution in [1.82, 2.24) is 25.3 Å². The van der Waals surface area contributed by atoms with Gasteiger partial charge < -0.3 is 9.84 Å². The molecule has 0 aromatic carbocycles. The number of nitrogens with one attached hydrogen (secondary N) is 1. The largest absolute Gasteiger partial charge is 0.332 e. The van der Waals surface area contributed by atoms with E-state index in [4.69, 9.17) is 4.52 Å². The molecular weight excluding hydrogens is 322 g/mol. The fourth-order valence-corrected chi connectivity index (χ4v) is 3.17. The Balaban J connectivity index is 0.00000176. The van der Waals surface area contributed by atoms with Gasteiger partial charge in [-0.05, 0) is 7.05 Å². The first-order valence-corrected chi connectivity index (χ1v) is 8.04. The Hall–Kier alpha value is -1.02. The lowest BCUT2D eigenvalue weighted by Crippen LogP contribution is -2.44. The molecule has 122 valence electrons. The average molecular weight is 344 g/mol. The molecule has 6 nitrogen and oxygen atoms in total. The van der Waals surface area contributed by atoms with Crippen molar-refractivity contribution >= 4 is 23.7 Å². The summed E-state index contributed by atoms with van der Waals surface area (Å²) in [6.07, 6.45) is 0. The second kappa shape index (κ2) is 6.62. The zero-order chi connectivity index (χ0) is 15.0. The van der Waals surface area contributed by atoms with Gasteiger partial charge in [-0.3, -0.25) is 4.90 Å². The zero-order valence-electron chi connectivity index (χ0n) is 13.3. The van der Waals surface area contributed by atoms with Gasteiger partial charge in [-0.15, -0.1) is 23.7 Å². The van der Waals surface area contributed by atoms with E-state index in [-0.39, 0.29) is 23.9 Å². The number of rotatable bonds is 2. The maximum atomic E-state index is 5.41. The summed E-state index contributed by atoms with van der Waals surface area (Å²) in [5.74, 6) is 1.24. The Bertz CT molecular complexity index is 621. The van der Waals surface area contributed by atoms with Crippen LogP contribution in [0, 0.1) is 0 Å². The highest BCUT2D eigenvalue weighted by Gasteiger charge is 2.26. The predicted octanol–water partition coefficient (Wildman–Crippen LogP) is 2.49. The SMILES string of the molecule is CN1CCNCC1c1noc(-c2csc(C(C)(C)C)n2)n1.Cl. The summed E-state index contributed by atoms with van der Waals surface area (Å²) in [5.41, 5.74) is 0.814. The second-order valence-corrected chi connectivity index (χ2v) is 7.30. The van der Waals surface area contributed by atoms with Gasteiger partial charge in [0.05, 0.1) is 11.0 Å². The molecule has 0 radical (unpaired) electrons. The Morgan fingerprint density at radius 3 is 2.77 bits per heavy atom. The smallest absolute Gasteiger partial charge is 0.277 e. The van der Waals surface area contributed by atoms with Crippen molar-refractivity contribution in [2.75, 3.05) is 26.7 Å². The van der Waals surface area contributed by atoms with Crippen LogP contribution in [0.2, 0.25) is 0 Å². The first-order valence-electron chi connectivity index (χ1n) is 7.16. The van der Waals surface area contributed by atoms with E-state index in [2.05, 4.69) is 53.2 Å². The van der Waals surface area contributed by atoms with Crippen LogP contribution >= 0.6 is 23.7 Å². The van der Waals surface area contributed by atoms with Gasteiger partial charge in [0.1, 0.15) is 5.69 Å². The molecule has 1 atom stereocenters. The van der Waals surface area contributed by atoms with Crippen molar-refractivity contribution in [2.24, 2.45) is 0 Å². The van der Waals surface area contributed by atoms with Crippen LogP contribution in [-0.2, 0) is 5.41 Å². The number of hydrogen-bond acceptors (Lipinski definition) is 7. The topological polar surface area (TPSA) is 67.1 Å². The summed E-state index contributed by atoms with van der Waals surface area (Å²) >= 11 is 1.64. The van der Waals surface area contributed by atoms with Crippen LogP contribution in [0.5, 0.6) is 0 Å². The molecule has 1 aliphatic heterocycles. The molecule has 8 heteroatoms. The summed E-state index contributed by atoms with van der Waals surface area (Å²) in [7, 11) is 2.09. The average Bonchev–Trinajstić information content (AvgIpc) is 3.07. The van der Waals surface area contributed by atoms with Crippen LogP contribution in [-0.4, -0.2) is 46.7 Å². The summed E-state index contributed by atoms with van der Waals surface area (Å²) in [5, 5.41) is 10.6. The molecule has 2 aromatic rings. The third kappa shape index (κ3) is 3.48. The molecule has 1 N–H and O–H groups in total. The quantitative estimate of drug-likeness (QED) is 0.903. The molecule has 0 saturated carbocycles. The molecule has 3 rings (SSSR count). The van der Waals surface area contributed by atoms with Gasteiger partial charge in [0.25, 0.3) is 5.89 Å². The highest BCUT2D eigenvalue weighted by atomic mass is 35.5. The third-order valence-electron chi connectivity index (χ3n) is 3.62. The lowest BCUT2D eigenvalue weighted by molar-refractivity contribution is 0.190. The lowest BCUT2D eigenvalue weighted by atomic mass is 9.98. The molecule has 2 aromatic heterocycles. The fraction of sp³-hybridized carbons (Fsp3) is 0.643. The van der Waals surface area contributed by atoms with E-state index in [1.807, 2.05) is 5.38 Å². The van der Waals surface area contributed by atoms with Crippen molar-refractivity contribution in [3.05, 3.63) is 16.2 Å². The lowest BCUT2D eigenvalue weighted by Gasteiger charge is -2.30. The van der Waals surface area contributed by atoms with Gasteiger partial charge in [-0.2, -0.15) is 4.98 Å². The maximum absolute atomic E-state index is 5.41. The highest BCUT2D eigenvalue weighted by Crippen LogP contribution is 2.30. The van der Waals surface area contributed by atoms with Gasteiger partial charge in [-0.25, -0.2) is 4.98 Å². The van der Waals surface area contributed by atoms with Crippen molar-refractivity contribution in [2.45, 2.75) is 32.2 Å². The van der Waals surface area contributed by atoms with E-state index >= 15 is 0 Å². The van der Waals surface area contributed by atoms with Crippen LogP contribution in [0.3, 0.4) is 0 Å². The van der Waals surface area contributed by atoms with Crippen molar-refractivity contribution in [1.29, 1.82) is 0 Å². The van der Waals surface area contributed by atoms with Gasteiger partial charge in [0.15, 0.2) is 5.82 Å². The van der Waals surface area contributed by atoms with E-state index < -0.39 is 0 Å². The Morgan fingerprint density at radius 2 is 2.14 bits per heavy atom. The van der Waals surface area contributed by atoms with Crippen LogP contribution < -0.4 is 5.32 Å². The number of piperazine rings is 1.